The van der Waals surface area contributed by atoms with E-state index in [9.17, 15) is 14.0 Å². The predicted octanol–water partition coefficient (Wildman–Crippen LogP) is 2.70. The Bertz CT molecular complexity index is 505. The van der Waals surface area contributed by atoms with Crippen molar-refractivity contribution in [1.82, 2.24) is 5.32 Å². The summed E-state index contributed by atoms with van der Waals surface area (Å²) in [7, 11) is 0. The van der Waals surface area contributed by atoms with Crippen LogP contribution in [0.1, 0.15) is 20.8 Å². The highest BCUT2D eigenvalue weighted by molar-refractivity contribution is 9.10. The van der Waals surface area contributed by atoms with Crippen LogP contribution in [0.25, 0.3) is 0 Å². The topological polar surface area (TPSA) is 55.4 Å². The molecule has 1 atom stereocenters. The van der Waals surface area contributed by atoms with Crippen molar-refractivity contribution >= 4 is 27.6 Å². The minimum Gasteiger partial charge on any atom is -0.481 e. The van der Waals surface area contributed by atoms with Gasteiger partial charge in [-0.2, -0.15) is 0 Å². The van der Waals surface area contributed by atoms with E-state index in [-0.39, 0.29) is 24.1 Å². The zero-order valence-corrected chi connectivity index (χ0v) is 13.2. The number of benzene rings is 1. The molecule has 0 aromatic heterocycles. The molecule has 1 unspecified atom stereocenters. The molecule has 1 rings (SSSR count). The fourth-order valence-corrected chi connectivity index (χ4v) is 2.02. The Labute approximate surface area is 125 Å². The number of hydrogen-bond donors (Lipinski definition) is 1. The summed E-state index contributed by atoms with van der Waals surface area (Å²) in [6.45, 7) is 4.75. The van der Waals surface area contributed by atoms with Gasteiger partial charge in [-0.15, -0.1) is 0 Å². The molecule has 0 heterocycles. The smallest absolute Gasteiger partial charge is 0.258 e. The maximum absolute atomic E-state index is 13.5. The molecule has 0 fully saturated rings. The third kappa shape index (κ3) is 4.92. The zero-order chi connectivity index (χ0) is 15.3. The van der Waals surface area contributed by atoms with Crippen molar-refractivity contribution in [3.8, 4) is 5.75 Å². The van der Waals surface area contributed by atoms with Gasteiger partial charge in [0.25, 0.3) is 5.91 Å². The molecule has 0 bridgehead atoms. The number of rotatable bonds is 6. The first kappa shape index (κ1) is 16.6. The number of carbonyl (C=O) groups is 2. The van der Waals surface area contributed by atoms with Crippen molar-refractivity contribution in [1.29, 1.82) is 0 Å². The third-order valence-electron chi connectivity index (χ3n) is 2.67. The molecular formula is C14H17BrFNO3. The number of amides is 1. The van der Waals surface area contributed by atoms with Crippen molar-refractivity contribution in [2.24, 2.45) is 5.92 Å². The van der Waals surface area contributed by atoms with Crippen LogP contribution in [-0.2, 0) is 9.59 Å². The monoisotopic (exact) mass is 345 g/mol. The Morgan fingerprint density at radius 3 is 2.55 bits per heavy atom. The Balaban J connectivity index is 2.57. The quantitative estimate of drug-likeness (QED) is 0.862. The molecule has 20 heavy (non-hydrogen) atoms. The fraction of sp³-hybridized carbons (Fsp3) is 0.429. The largest absolute Gasteiger partial charge is 0.481 e. The molecular weight excluding hydrogens is 329 g/mol. The molecule has 0 aliphatic heterocycles. The molecule has 1 N–H and O–H groups in total. The predicted molar refractivity (Wildman–Crippen MR) is 77.0 cm³/mol. The highest BCUT2D eigenvalue weighted by atomic mass is 79.9. The lowest BCUT2D eigenvalue weighted by Crippen LogP contribution is -2.45. The van der Waals surface area contributed by atoms with Crippen LogP contribution >= 0.6 is 15.9 Å². The first-order chi connectivity index (χ1) is 9.31. The molecule has 0 aliphatic carbocycles. The van der Waals surface area contributed by atoms with Crippen LogP contribution in [0.4, 0.5) is 4.39 Å². The number of hydrogen-bond acceptors (Lipinski definition) is 3. The van der Waals surface area contributed by atoms with E-state index in [0.29, 0.717) is 4.47 Å². The molecule has 1 amide bonds. The number of Topliss-reactive ketones (excluding diaryl/α,β-unsaturated/α-hetero) is 1. The van der Waals surface area contributed by atoms with E-state index in [1.165, 1.54) is 19.1 Å². The second-order valence-electron chi connectivity index (χ2n) is 4.76. The van der Waals surface area contributed by atoms with Crippen LogP contribution in [0.5, 0.6) is 5.75 Å². The van der Waals surface area contributed by atoms with Gasteiger partial charge >= 0.3 is 0 Å². The van der Waals surface area contributed by atoms with E-state index in [0.717, 1.165) is 0 Å². The number of nitrogens with one attached hydrogen (secondary N) is 1. The maximum atomic E-state index is 13.5. The second-order valence-corrected chi connectivity index (χ2v) is 5.68. The molecule has 1 aromatic carbocycles. The molecule has 6 heteroatoms. The summed E-state index contributed by atoms with van der Waals surface area (Å²) in [5.74, 6) is -1.16. The highest BCUT2D eigenvalue weighted by Gasteiger charge is 2.20. The van der Waals surface area contributed by atoms with E-state index >= 15 is 0 Å². The molecule has 0 spiro atoms. The number of ether oxygens (including phenoxy) is 1. The molecule has 1 aromatic rings. The molecule has 0 radical (unpaired) electrons. The standard InChI is InChI=1S/C14H17BrFNO3/c1-8(2)14(9(3)18)17-13(19)7-20-12-5-4-10(15)6-11(12)16/h4-6,8,14H,7H2,1-3H3,(H,17,19). The van der Waals surface area contributed by atoms with E-state index in [4.69, 9.17) is 4.74 Å². The van der Waals surface area contributed by atoms with Crippen molar-refractivity contribution in [2.75, 3.05) is 6.61 Å². The number of carbonyl (C=O) groups excluding carboxylic acids is 2. The van der Waals surface area contributed by atoms with Crippen LogP contribution in [0.3, 0.4) is 0 Å². The average Bonchev–Trinajstić information content (AvgIpc) is 2.34. The first-order valence-corrected chi connectivity index (χ1v) is 6.98. The Morgan fingerprint density at radius 1 is 1.40 bits per heavy atom. The van der Waals surface area contributed by atoms with Crippen LogP contribution < -0.4 is 10.1 Å². The zero-order valence-electron chi connectivity index (χ0n) is 11.6. The van der Waals surface area contributed by atoms with Gasteiger partial charge in [0.05, 0.1) is 6.04 Å². The van der Waals surface area contributed by atoms with Gasteiger partial charge in [0, 0.05) is 4.47 Å². The third-order valence-corrected chi connectivity index (χ3v) is 3.17. The van der Waals surface area contributed by atoms with E-state index in [1.54, 1.807) is 6.07 Å². The van der Waals surface area contributed by atoms with E-state index < -0.39 is 17.8 Å². The summed E-state index contributed by atoms with van der Waals surface area (Å²) in [6, 6.07) is 3.74. The van der Waals surface area contributed by atoms with E-state index in [2.05, 4.69) is 21.2 Å². The summed E-state index contributed by atoms with van der Waals surface area (Å²) in [5.41, 5.74) is 0. The van der Waals surface area contributed by atoms with Gasteiger partial charge in [-0.25, -0.2) is 4.39 Å². The van der Waals surface area contributed by atoms with Gasteiger partial charge < -0.3 is 10.1 Å². The molecule has 4 nitrogen and oxygen atoms in total. The van der Waals surface area contributed by atoms with Gasteiger partial charge in [-0.3, -0.25) is 9.59 Å². The molecule has 0 saturated heterocycles. The van der Waals surface area contributed by atoms with Crippen LogP contribution in [-0.4, -0.2) is 24.3 Å². The van der Waals surface area contributed by atoms with Gasteiger partial charge in [-0.1, -0.05) is 29.8 Å². The first-order valence-electron chi connectivity index (χ1n) is 6.19. The lowest BCUT2D eigenvalue weighted by atomic mass is 10.0. The van der Waals surface area contributed by atoms with E-state index in [1.807, 2.05) is 13.8 Å². The van der Waals surface area contributed by atoms with Crippen molar-refractivity contribution in [3.63, 3.8) is 0 Å². The Kier molecular flexibility index (Phi) is 6.13. The summed E-state index contributed by atoms with van der Waals surface area (Å²) < 4.78 is 19.2. The SMILES string of the molecule is CC(=O)C(NC(=O)COc1ccc(Br)cc1F)C(C)C. The summed E-state index contributed by atoms with van der Waals surface area (Å²) in [5, 5.41) is 2.57. The lowest BCUT2D eigenvalue weighted by molar-refractivity contribution is -0.129. The van der Waals surface area contributed by atoms with Gasteiger partial charge in [0.15, 0.2) is 24.0 Å². The molecule has 0 saturated carbocycles. The fourth-order valence-electron chi connectivity index (χ4n) is 1.69. The Hall–Kier alpha value is -1.43. The maximum Gasteiger partial charge on any atom is 0.258 e. The van der Waals surface area contributed by atoms with Crippen molar-refractivity contribution < 1.29 is 18.7 Å². The van der Waals surface area contributed by atoms with Gasteiger partial charge in [0.2, 0.25) is 0 Å². The van der Waals surface area contributed by atoms with Gasteiger partial charge in [0.1, 0.15) is 0 Å². The van der Waals surface area contributed by atoms with Crippen LogP contribution in [0, 0.1) is 11.7 Å². The highest BCUT2D eigenvalue weighted by Crippen LogP contribution is 2.21. The normalized spacial score (nSPS) is 12.1. The second kappa shape index (κ2) is 7.38. The summed E-state index contributed by atoms with van der Waals surface area (Å²) >= 11 is 3.13. The van der Waals surface area contributed by atoms with Gasteiger partial charge in [-0.05, 0) is 31.0 Å². The molecule has 110 valence electrons. The van der Waals surface area contributed by atoms with Crippen molar-refractivity contribution in [3.05, 3.63) is 28.5 Å². The number of halogens is 2. The van der Waals surface area contributed by atoms with Crippen molar-refractivity contribution in [2.45, 2.75) is 26.8 Å². The van der Waals surface area contributed by atoms with Crippen LogP contribution in [0.2, 0.25) is 0 Å². The molecule has 0 aliphatic rings. The number of ketones is 1. The minimum absolute atomic E-state index is 0.00716. The average molecular weight is 346 g/mol. The minimum atomic E-state index is -0.556. The summed E-state index contributed by atoms with van der Waals surface area (Å²) in [4.78, 5) is 23.1. The van der Waals surface area contributed by atoms with Crippen LogP contribution in [0.15, 0.2) is 22.7 Å². The summed E-state index contributed by atoms with van der Waals surface area (Å²) in [6.07, 6.45) is 0. The Morgan fingerprint density at radius 2 is 2.05 bits per heavy atom. The lowest BCUT2D eigenvalue weighted by Gasteiger charge is -2.19.